The smallest absolute Gasteiger partial charge is 0.260 e. The fourth-order valence-electron chi connectivity index (χ4n) is 1.57. The van der Waals surface area contributed by atoms with Crippen LogP contribution in [0.5, 0.6) is 5.75 Å². The molecule has 0 spiro atoms. The Morgan fingerprint density at radius 1 is 1.33 bits per heavy atom. The van der Waals surface area contributed by atoms with Gasteiger partial charge in [-0.15, -0.1) is 0 Å². The van der Waals surface area contributed by atoms with Gasteiger partial charge < -0.3 is 15.4 Å². The quantitative estimate of drug-likeness (QED) is 0.876. The maximum Gasteiger partial charge on any atom is 0.260 e. The monoisotopic (exact) mass is 314 g/mol. The van der Waals surface area contributed by atoms with Crippen LogP contribution in [0.4, 0.5) is 0 Å². The van der Waals surface area contributed by atoms with Crippen molar-refractivity contribution in [3.8, 4) is 5.75 Å². The molecular weight excluding hydrogens is 296 g/mol. The third kappa shape index (κ3) is 3.71. The van der Waals surface area contributed by atoms with Gasteiger partial charge in [0.2, 0.25) is 0 Å². The van der Waals surface area contributed by atoms with Gasteiger partial charge in [-0.2, -0.15) is 0 Å². The maximum absolute atomic E-state index is 11.5. The van der Waals surface area contributed by atoms with Crippen LogP contribution >= 0.6 is 15.9 Å². The molecule has 0 saturated carbocycles. The van der Waals surface area contributed by atoms with Gasteiger partial charge in [-0.05, 0) is 33.0 Å². The summed E-state index contributed by atoms with van der Waals surface area (Å²) in [4.78, 5) is 11.5. The van der Waals surface area contributed by atoms with Gasteiger partial charge in [-0.25, -0.2) is 0 Å². The minimum absolute atomic E-state index is 0.141. The summed E-state index contributed by atoms with van der Waals surface area (Å²) in [6.07, 6.45) is -0.521. The summed E-state index contributed by atoms with van der Waals surface area (Å²) < 4.78 is 6.64. The van der Waals surface area contributed by atoms with Crippen molar-refractivity contribution in [3.63, 3.8) is 0 Å². The molecule has 1 rings (SSSR count). The summed E-state index contributed by atoms with van der Waals surface area (Å²) in [5.74, 6) is 0.570. The Kier molecular flexibility index (Phi) is 5.62. The van der Waals surface area contributed by atoms with Gasteiger partial charge in [0.25, 0.3) is 5.91 Å². The molecule has 0 saturated heterocycles. The molecule has 5 heteroatoms. The van der Waals surface area contributed by atoms with E-state index in [-0.39, 0.29) is 11.9 Å². The molecule has 18 heavy (non-hydrogen) atoms. The number of likely N-dealkylation sites (N-methyl/N-ethyl adjacent to an activating group) is 1. The molecule has 2 atom stereocenters. The van der Waals surface area contributed by atoms with Crippen LogP contribution in [-0.2, 0) is 4.79 Å². The lowest BCUT2D eigenvalue weighted by Crippen LogP contribution is -2.34. The fraction of sp³-hybridized carbons (Fsp3) is 0.462. The van der Waals surface area contributed by atoms with Crippen LogP contribution in [-0.4, -0.2) is 26.1 Å². The van der Waals surface area contributed by atoms with Crippen LogP contribution in [0, 0.1) is 0 Å². The second-order valence-electron chi connectivity index (χ2n) is 4.07. The van der Waals surface area contributed by atoms with Crippen molar-refractivity contribution in [3.05, 3.63) is 28.2 Å². The van der Waals surface area contributed by atoms with Gasteiger partial charge in [0.15, 0.2) is 6.10 Å². The van der Waals surface area contributed by atoms with E-state index in [0.717, 1.165) is 10.0 Å². The molecule has 0 aliphatic carbocycles. The highest BCUT2D eigenvalue weighted by molar-refractivity contribution is 9.10. The highest BCUT2D eigenvalue weighted by atomic mass is 79.9. The summed E-state index contributed by atoms with van der Waals surface area (Å²) in [5, 5.41) is 5.73. The lowest BCUT2D eigenvalue weighted by Gasteiger charge is -2.19. The number of carbonyl (C=O) groups is 1. The van der Waals surface area contributed by atoms with Crippen LogP contribution in [0.2, 0.25) is 0 Å². The number of hydrogen-bond donors (Lipinski definition) is 2. The van der Waals surface area contributed by atoms with E-state index in [4.69, 9.17) is 4.74 Å². The highest BCUT2D eigenvalue weighted by Gasteiger charge is 2.17. The molecule has 1 aromatic rings. The number of rotatable bonds is 5. The van der Waals surface area contributed by atoms with Crippen molar-refractivity contribution >= 4 is 21.8 Å². The molecule has 0 aliphatic heterocycles. The second-order valence-corrected chi connectivity index (χ2v) is 4.98. The lowest BCUT2D eigenvalue weighted by molar-refractivity contribution is -0.126. The molecule has 1 amide bonds. The first-order valence-electron chi connectivity index (χ1n) is 5.84. The fourth-order valence-corrected chi connectivity index (χ4v) is 1.91. The normalized spacial score (nSPS) is 13.8. The van der Waals surface area contributed by atoms with E-state index < -0.39 is 6.10 Å². The topological polar surface area (TPSA) is 50.4 Å². The Morgan fingerprint density at radius 3 is 2.56 bits per heavy atom. The Morgan fingerprint density at radius 2 is 2.00 bits per heavy atom. The van der Waals surface area contributed by atoms with Crippen molar-refractivity contribution in [1.29, 1.82) is 0 Å². The molecule has 0 heterocycles. The van der Waals surface area contributed by atoms with Crippen LogP contribution in [0.1, 0.15) is 25.5 Å². The SMILES string of the molecule is CNC(=O)C(C)Oc1cc(Br)ccc1C(C)NC. The lowest BCUT2D eigenvalue weighted by atomic mass is 10.1. The van der Waals surface area contributed by atoms with Crippen LogP contribution in [0.15, 0.2) is 22.7 Å². The first-order valence-corrected chi connectivity index (χ1v) is 6.63. The molecule has 4 nitrogen and oxygen atoms in total. The first-order chi connectivity index (χ1) is 8.49. The number of benzene rings is 1. The number of amides is 1. The average molecular weight is 315 g/mol. The predicted molar refractivity (Wildman–Crippen MR) is 75.8 cm³/mol. The van der Waals surface area contributed by atoms with E-state index in [9.17, 15) is 4.79 Å². The highest BCUT2D eigenvalue weighted by Crippen LogP contribution is 2.29. The van der Waals surface area contributed by atoms with Gasteiger partial charge in [-0.1, -0.05) is 22.0 Å². The van der Waals surface area contributed by atoms with Gasteiger partial charge in [0, 0.05) is 23.1 Å². The third-order valence-electron chi connectivity index (χ3n) is 2.79. The van der Waals surface area contributed by atoms with Crippen LogP contribution in [0.3, 0.4) is 0 Å². The summed E-state index contributed by atoms with van der Waals surface area (Å²) in [6, 6.07) is 5.98. The summed E-state index contributed by atoms with van der Waals surface area (Å²) in [7, 11) is 3.49. The van der Waals surface area contributed by atoms with Crippen LogP contribution < -0.4 is 15.4 Å². The molecule has 2 unspecified atom stereocenters. The van der Waals surface area contributed by atoms with Crippen molar-refractivity contribution < 1.29 is 9.53 Å². The van der Waals surface area contributed by atoms with Crippen molar-refractivity contribution in [2.24, 2.45) is 0 Å². The number of halogens is 1. The van der Waals surface area contributed by atoms with Gasteiger partial charge in [0.05, 0.1) is 0 Å². The van der Waals surface area contributed by atoms with E-state index in [1.165, 1.54) is 0 Å². The van der Waals surface area contributed by atoms with E-state index in [0.29, 0.717) is 5.75 Å². The average Bonchev–Trinajstić information content (AvgIpc) is 2.37. The third-order valence-corrected chi connectivity index (χ3v) is 3.29. The summed E-state index contributed by atoms with van der Waals surface area (Å²) >= 11 is 3.41. The van der Waals surface area contributed by atoms with Crippen LogP contribution in [0.25, 0.3) is 0 Å². The zero-order valence-electron chi connectivity index (χ0n) is 11.1. The standard InChI is InChI=1S/C13H19BrN2O2/c1-8(15-3)11-6-5-10(14)7-12(11)18-9(2)13(17)16-4/h5-9,15H,1-4H3,(H,16,17). The molecule has 0 aliphatic rings. The number of hydrogen-bond acceptors (Lipinski definition) is 3. The number of carbonyl (C=O) groups excluding carboxylic acids is 1. The van der Waals surface area contributed by atoms with Gasteiger partial charge in [0.1, 0.15) is 5.75 Å². The summed E-state index contributed by atoms with van der Waals surface area (Å²) in [6.45, 7) is 3.77. The molecule has 0 fully saturated rings. The Balaban J connectivity index is 2.98. The van der Waals surface area contributed by atoms with Gasteiger partial charge in [-0.3, -0.25) is 4.79 Å². The first kappa shape index (κ1) is 15.0. The van der Waals surface area contributed by atoms with Crippen molar-refractivity contribution in [2.45, 2.75) is 26.0 Å². The van der Waals surface area contributed by atoms with E-state index >= 15 is 0 Å². The van der Waals surface area contributed by atoms with E-state index in [1.807, 2.05) is 32.2 Å². The zero-order valence-corrected chi connectivity index (χ0v) is 12.7. The summed E-state index contributed by atoms with van der Waals surface area (Å²) in [5.41, 5.74) is 1.02. The second kappa shape index (κ2) is 6.75. The molecule has 0 radical (unpaired) electrons. The Hall–Kier alpha value is -1.07. The number of nitrogens with one attached hydrogen (secondary N) is 2. The number of ether oxygens (including phenoxy) is 1. The zero-order chi connectivity index (χ0) is 13.7. The van der Waals surface area contributed by atoms with Crippen molar-refractivity contribution in [1.82, 2.24) is 10.6 Å². The maximum atomic E-state index is 11.5. The van der Waals surface area contributed by atoms with E-state index in [2.05, 4.69) is 26.6 Å². The van der Waals surface area contributed by atoms with Gasteiger partial charge >= 0.3 is 0 Å². The van der Waals surface area contributed by atoms with Crippen molar-refractivity contribution in [2.75, 3.05) is 14.1 Å². The molecule has 1 aromatic carbocycles. The molecule has 2 N–H and O–H groups in total. The molecular formula is C13H19BrN2O2. The Bertz CT molecular complexity index is 423. The minimum atomic E-state index is -0.521. The predicted octanol–water partition coefficient (Wildman–Crippen LogP) is 2.24. The Labute approximate surface area is 116 Å². The molecule has 0 aromatic heterocycles. The van der Waals surface area contributed by atoms with E-state index in [1.54, 1.807) is 14.0 Å². The minimum Gasteiger partial charge on any atom is -0.481 e. The molecule has 0 bridgehead atoms. The molecule has 100 valence electrons. The largest absolute Gasteiger partial charge is 0.481 e.